The first-order valence-corrected chi connectivity index (χ1v) is 9.68. The topological polar surface area (TPSA) is 106 Å². The maximum Gasteiger partial charge on any atom is 0.309 e. The van der Waals surface area contributed by atoms with E-state index in [0.717, 1.165) is 25.7 Å². The van der Waals surface area contributed by atoms with E-state index in [2.05, 4.69) is 0 Å². The number of hydrogen-bond donors (Lipinski definition) is 2. The number of carbonyl (C=O) groups excluding carboxylic acids is 2. The van der Waals surface area contributed by atoms with E-state index in [4.69, 9.17) is 14.2 Å². The molecule has 2 N–H and O–H groups in total. The van der Waals surface area contributed by atoms with E-state index in [1.165, 1.54) is 0 Å². The van der Waals surface area contributed by atoms with E-state index in [-0.39, 0.29) is 49.7 Å². The van der Waals surface area contributed by atoms with Gasteiger partial charge >= 0.3 is 11.9 Å². The molecular formula is C19H30O7. The lowest BCUT2D eigenvalue weighted by Crippen LogP contribution is -2.37. The average molecular weight is 370 g/mol. The van der Waals surface area contributed by atoms with Gasteiger partial charge in [-0.2, -0.15) is 0 Å². The molecule has 0 aromatic heterocycles. The van der Waals surface area contributed by atoms with Crippen LogP contribution in [0.2, 0.25) is 0 Å². The number of ether oxygens (including phenoxy) is 3. The average Bonchev–Trinajstić information content (AvgIpc) is 3.43. The van der Waals surface area contributed by atoms with Crippen molar-refractivity contribution in [3.63, 3.8) is 0 Å². The Morgan fingerprint density at radius 3 is 2.23 bits per heavy atom. The lowest BCUT2D eigenvalue weighted by molar-refractivity contribution is -0.162. The number of carbonyl (C=O) groups is 2. The standard InChI is InChI=1S/C19H30O7/c1-19(9-20,10-24-17(22)12-3-2-4-14(21)7-12)11-25-18(23)13-5-6-15-16(8-13)26-15/h12-16,20-21H,2-11H2,1H3. The number of hydrogen-bond acceptors (Lipinski definition) is 7. The van der Waals surface area contributed by atoms with Gasteiger partial charge in [0.2, 0.25) is 0 Å². The zero-order chi connectivity index (χ0) is 18.7. The zero-order valence-corrected chi connectivity index (χ0v) is 15.4. The third-order valence-corrected chi connectivity index (χ3v) is 5.82. The van der Waals surface area contributed by atoms with Gasteiger partial charge in [0.25, 0.3) is 0 Å². The predicted octanol–water partition coefficient (Wildman–Crippen LogP) is 1.19. The summed E-state index contributed by atoms with van der Waals surface area (Å²) in [4.78, 5) is 24.4. The van der Waals surface area contributed by atoms with Crippen LogP contribution in [0.3, 0.4) is 0 Å². The molecule has 1 aliphatic heterocycles. The molecule has 3 aliphatic rings. The quantitative estimate of drug-likeness (QED) is 0.512. The normalized spacial score (nSPS) is 35.7. The van der Waals surface area contributed by atoms with E-state index in [1.807, 2.05) is 0 Å². The summed E-state index contributed by atoms with van der Waals surface area (Å²) in [6.45, 7) is 1.47. The van der Waals surface area contributed by atoms with Gasteiger partial charge in [-0.3, -0.25) is 9.59 Å². The first-order valence-electron chi connectivity index (χ1n) is 9.68. The van der Waals surface area contributed by atoms with Crippen molar-refractivity contribution in [2.24, 2.45) is 17.3 Å². The van der Waals surface area contributed by atoms with Crippen LogP contribution < -0.4 is 0 Å². The Hall–Kier alpha value is -1.18. The van der Waals surface area contributed by atoms with Crippen molar-refractivity contribution in [3.05, 3.63) is 0 Å². The third kappa shape index (κ3) is 4.96. The fraction of sp³-hybridized carbons (Fsp3) is 0.895. The SMILES string of the molecule is CC(CO)(COC(=O)C1CCCC(O)C1)COC(=O)C1CCC2OC2C1. The summed E-state index contributed by atoms with van der Waals surface area (Å²) in [5, 5.41) is 19.4. The molecule has 7 nitrogen and oxygen atoms in total. The smallest absolute Gasteiger partial charge is 0.309 e. The van der Waals surface area contributed by atoms with Crippen LogP contribution in [0.15, 0.2) is 0 Å². The van der Waals surface area contributed by atoms with Crippen molar-refractivity contribution in [1.82, 2.24) is 0 Å². The zero-order valence-electron chi connectivity index (χ0n) is 15.4. The Kier molecular flexibility index (Phi) is 6.20. The molecule has 1 saturated heterocycles. The molecule has 3 rings (SSSR count). The molecule has 2 saturated carbocycles. The van der Waals surface area contributed by atoms with Gasteiger partial charge < -0.3 is 24.4 Å². The van der Waals surface area contributed by atoms with Gasteiger partial charge in [-0.25, -0.2) is 0 Å². The Labute approximate surface area is 154 Å². The Bertz CT molecular complexity index is 498. The highest BCUT2D eigenvalue weighted by atomic mass is 16.6. The molecule has 1 heterocycles. The highest BCUT2D eigenvalue weighted by Gasteiger charge is 2.46. The van der Waals surface area contributed by atoms with Gasteiger partial charge in [0, 0.05) is 0 Å². The Morgan fingerprint density at radius 2 is 1.65 bits per heavy atom. The number of aliphatic hydroxyl groups excluding tert-OH is 2. The van der Waals surface area contributed by atoms with Gasteiger partial charge in [-0.15, -0.1) is 0 Å². The van der Waals surface area contributed by atoms with Crippen molar-refractivity contribution < 1.29 is 34.0 Å². The van der Waals surface area contributed by atoms with E-state index in [1.54, 1.807) is 6.92 Å². The van der Waals surface area contributed by atoms with Crippen LogP contribution in [-0.4, -0.2) is 60.3 Å². The molecular weight excluding hydrogens is 340 g/mol. The van der Waals surface area contributed by atoms with Gasteiger partial charge in [0.05, 0.1) is 42.2 Å². The van der Waals surface area contributed by atoms with Gasteiger partial charge in [-0.05, 0) is 38.5 Å². The molecule has 0 bridgehead atoms. The number of rotatable bonds is 7. The lowest BCUT2D eigenvalue weighted by Gasteiger charge is -2.29. The van der Waals surface area contributed by atoms with Crippen molar-refractivity contribution in [3.8, 4) is 0 Å². The number of epoxide rings is 1. The van der Waals surface area contributed by atoms with Gasteiger partial charge in [0.1, 0.15) is 13.2 Å². The molecule has 0 spiro atoms. The van der Waals surface area contributed by atoms with Crippen LogP contribution in [0.4, 0.5) is 0 Å². The second kappa shape index (κ2) is 8.23. The van der Waals surface area contributed by atoms with Crippen LogP contribution >= 0.6 is 0 Å². The van der Waals surface area contributed by atoms with Gasteiger partial charge in [-0.1, -0.05) is 13.3 Å². The monoisotopic (exact) mass is 370 g/mol. The maximum atomic E-state index is 12.3. The summed E-state index contributed by atoms with van der Waals surface area (Å²) in [6.07, 6.45) is 5.14. The molecule has 6 atom stereocenters. The van der Waals surface area contributed by atoms with Crippen molar-refractivity contribution in [1.29, 1.82) is 0 Å². The summed E-state index contributed by atoms with van der Waals surface area (Å²) in [5.41, 5.74) is -0.827. The number of aliphatic hydroxyl groups is 2. The molecule has 0 aromatic carbocycles. The largest absolute Gasteiger partial charge is 0.465 e. The predicted molar refractivity (Wildman–Crippen MR) is 91.1 cm³/mol. The Morgan fingerprint density at radius 1 is 1.00 bits per heavy atom. The molecule has 6 unspecified atom stereocenters. The molecule has 3 fully saturated rings. The highest BCUT2D eigenvalue weighted by molar-refractivity contribution is 5.73. The first-order chi connectivity index (χ1) is 12.4. The molecule has 26 heavy (non-hydrogen) atoms. The molecule has 7 heteroatoms. The molecule has 148 valence electrons. The fourth-order valence-corrected chi connectivity index (χ4v) is 3.86. The minimum Gasteiger partial charge on any atom is -0.465 e. The minimum atomic E-state index is -0.827. The summed E-state index contributed by atoms with van der Waals surface area (Å²) in [6, 6.07) is 0. The minimum absolute atomic E-state index is 0.00829. The maximum absolute atomic E-state index is 12.3. The van der Waals surface area contributed by atoms with Crippen LogP contribution in [0.25, 0.3) is 0 Å². The van der Waals surface area contributed by atoms with Crippen molar-refractivity contribution in [2.75, 3.05) is 19.8 Å². The molecule has 0 amide bonds. The van der Waals surface area contributed by atoms with E-state index in [9.17, 15) is 19.8 Å². The van der Waals surface area contributed by atoms with Crippen LogP contribution in [-0.2, 0) is 23.8 Å². The molecule has 0 aromatic rings. The van der Waals surface area contributed by atoms with Crippen molar-refractivity contribution >= 4 is 11.9 Å². The summed E-state index contributed by atoms with van der Waals surface area (Å²) in [7, 11) is 0. The third-order valence-electron chi connectivity index (χ3n) is 5.82. The van der Waals surface area contributed by atoms with E-state index in [0.29, 0.717) is 25.4 Å². The first kappa shape index (κ1) is 19.6. The van der Waals surface area contributed by atoms with E-state index >= 15 is 0 Å². The summed E-state index contributed by atoms with van der Waals surface area (Å²) >= 11 is 0. The van der Waals surface area contributed by atoms with Crippen LogP contribution in [0.5, 0.6) is 0 Å². The van der Waals surface area contributed by atoms with Crippen LogP contribution in [0.1, 0.15) is 51.9 Å². The van der Waals surface area contributed by atoms with Crippen molar-refractivity contribution in [2.45, 2.75) is 70.2 Å². The molecule has 0 radical (unpaired) electrons. The lowest BCUT2D eigenvalue weighted by atomic mass is 9.87. The second-order valence-corrected chi connectivity index (χ2v) is 8.42. The highest BCUT2D eigenvalue weighted by Crippen LogP contribution is 2.40. The summed E-state index contributed by atoms with van der Waals surface area (Å²) in [5.74, 6) is -1.05. The molecule has 2 aliphatic carbocycles. The number of esters is 2. The number of fused-ring (bicyclic) bond motifs is 1. The fourth-order valence-electron chi connectivity index (χ4n) is 3.86. The summed E-state index contributed by atoms with van der Waals surface area (Å²) < 4.78 is 16.2. The van der Waals surface area contributed by atoms with E-state index < -0.39 is 11.5 Å². The van der Waals surface area contributed by atoms with Crippen LogP contribution in [0, 0.1) is 17.3 Å². The van der Waals surface area contributed by atoms with Gasteiger partial charge in [0.15, 0.2) is 0 Å². The second-order valence-electron chi connectivity index (χ2n) is 8.42. The Balaban J connectivity index is 1.42.